The molecule has 0 spiro atoms. The van der Waals surface area contributed by atoms with Gasteiger partial charge in [0.1, 0.15) is 23.2 Å². The van der Waals surface area contributed by atoms with E-state index >= 15 is 0 Å². The van der Waals surface area contributed by atoms with E-state index in [2.05, 4.69) is 51.3 Å². The fourth-order valence-electron chi connectivity index (χ4n) is 3.56. The molecule has 0 fully saturated rings. The molecule has 1 aliphatic rings. The quantitative estimate of drug-likeness (QED) is 0.294. The summed E-state index contributed by atoms with van der Waals surface area (Å²) in [6, 6.07) is 4.65. The number of hydrogen-bond donors (Lipinski definition) is 0. The van der Waals surface area contributed by atoms with Crippen molar-refractivity contribution in [2.24, 2.45) is 0 Å². The Bertz CT molecular complexity index is 1110. The third kappa shape index (κ3) is 3.61. The highest BCUT2D eigenvalue weighted by Gasteiger charge is 2.35. The molecule has 7 nitrogen and oxygen atoms in total. The van der Waals surface area contributed by atoms with Crippen LogP contribution in [0.25, 0.3) is 5.52 Å². The number of pyridine rings is 1. The van der Waals surface area contributed by atoms with E-state index in [1.807, 2.05) is 20.2 Å². The van der Waals surface area contributed by atoms with E-state index in [-0.39, 0.29) is 11.9 Å². The predicted molar refractivity (Wildman–Crippen MR) is 121 cm³/mol. The van der Waals surface area contributed by atoms with Crippen LogP contribution < -0.4 is 4.90 Å². The molecule has 5 rings (SSSR count). The van der Waals surface area contributed by atoms with Crippen molar-refractivity contribution in [2.45, 2.75) is 26.3 Å². The highest BCUT2D eigenvalue weighted by molar-refractivity contribution is 14.2. The van der Waals surface area contributed by atoms with Crippen LogP contribution >= 0.6 is 28.4 Å². The van der Waals surface area contributed by atoms with E-state index in [1.165, 1.54) is 11.8 Å². The number of aromatic nitrogens is 6. The lowest BCUT2D eigenvalue weighted by Crippen LogP contribution is -2.37. The average Bonchev–Trinajstić information content (AvgIpc) is 3.40. The summed E-state index contributed by atoms with van der Waals surface area (Å²) in [5.74, 6) is 0.467. The van der Waals surface area contributed by atoms with E-state index in [0.29, 0.717) is 11.9 Å². The third-order valence-corrected chi connectivity index (χ3v) is 6.87. The Hall–Kier alpha value is -2.13. The normalized spacial score (nSPS) is 16.1. The lowest BCUT2D eigenvalue weighted by Gasteiger charge is -2.35. The van der Waals surface area contributed by atoms with Gasteiger partial charge in [0.05, 0.1) is 23.9 Å². The highest BCUT2D eigenvalue weighted by Crippen LogP contribution is 2.39. The van der Waals surface area contributed by atoms with Crippen LogP contribution in [-0.2, 0) is 6.42 Å². The van der Waals surface area contributed by atoms with Crippen LogP contribution in [-0.4, -0.2) is 35.4 Å². The molecule has 0 N–H and O–H groups in total. The second-order valence-electron chi connectivity index (χ2n) is 6.20. The minimum atomic E-state index is -0.294. The van der Waals surface area contributed by atoms with Crippen molar-refractivity contribution >= 4 is 39.7 Å². The van der Waals surface area contributed by atoms with Crippen LogP contribution in [0, 0.1) is 5.82 Å². The van der Waals surface area contributed by atoms with Gasteiger partial charge in [-0.2, -0.15) is 5.10 Å². The molecule has 10 heteroatoms. The first kappa shape index (κ1) is 20.2. The molecule has 0 aliphatic carbocycles. The van der Waals surface area contributed by atoms with Crippen LogP contribution in [0.5, 0.6) is 0 Å². The second-order valence-corrected chi connectivity index (χ2v) is 8.29. The number of anilines is 1. The molecule has 5 heterocycles. The van der Waals surface area contributed by atoms with Gasteiger partial charge < -0.3 is 9.24 Å². The summed E-state index contributed by atoms with van der Waals surface area (Å²) in [5.41, 5.74) is 3.34. The first-order chi connectivity index (χ1) is 14.3. The Balaban J connectivity index is 0.000000994. The van der Waals surface area contributed by atoms with Crippen molar-refractivity contribution < 1.29 is 4.39 Å². The lowest BCUT2D eigenvalue weighted by molar-refractivity contribution is 0.606. The number of nitrogens with zero attached hydrogens (tertiary/aromatic N) is 7. The molecule has 0 radical (unpaired) electrons. The van der Waals surface area contributed by atoms with Crippen LogP contribution in [0.15, 0.2) is 49.3 Å². The fourth-order valence-corrected chi connectivity index (χ4v) is 5.24. The van der Waals surface area contributed by atoms with Gasteiger partial charge in [-0.1, -0.05) is 13.8 Å². The summed E-state index contributed by atoms with van der Waals surface area (Å²) >= 11 is 2.36. The Kier molecular flexibility index (Phi) is 6.05. The topological polar surface area (TPSA) is 64.1 Å². The van der Waals surface area contributed by atoms with Gasteiger partial charge in [-0.15, -0.1) is 0 Å². The average molecular weight is 523 g/mol. The number of hydrogen-bond acceptors (Lipinski definition) is 5. The zero-order valence-corrected chi connectivity index (χ0v) is 19.2. The van der Waals surface area contributed by atoms with Gasteiger partial charge in [0.2, 0.25) is 0 Å². The summed E-state index contributed by atoms with van der Waals surface area (Å²) in [4.78, 5) is 15.5. The monoisotopic (exact) mass is 523 g/mol. The van der Waals surface area contributed by atoms with E-state index in [1.54, 1.807) is 41.4 Å². The van der Waals surface area contributed by atoms with Crippen LogP contribution in [0.2, 0.25) is 0 Å². The molecule has 1 aliphatic heterocycles. The smallest absolute Gasteiger partial charge is 0.148 e. The molecule has 0 aromatic carbocycles. The zero-order valence-electron chi connectivity index (χ0n) is 16.0. The molecule has 0 saturated heterocycles. The highest BCUT2D eigenvalue weighted by atomic mass is 127. The molecular weight excluding hydrogens is 503 g/mol. The van der Waals surface area contributed by atoms with Crippen molar-refractivity contribution in [3.8, 4) is 0 Å². The van der Waals surface area contributed by atoms with Crippen molar-refractivity contribution in [1.29, 1.82) is 0 Å². The number of fused-ring (bicyclic) bond motifs is 2. The minimum absolute atomic E-state index is 0.237. The molecule has 2 atom stereocenters. The van der Waals surface area contributed by atoms with Gasteiger partial charge in [0, 0.05) is 43.6 Å². The standard InChI is InChI=1S/C17H14FIN7P.C2H6/c18-11-2-1-6-25-14(11)8-12(23-25)17-16-13(26(27-19)10-22-16)3-7-24(17)15-9-20-4-5-21-15;1-2/h1-2,4-6,8-10,17,27H,3,7H2;1-2H3. The van der Waals surface area contributed by atoms with Crippen LogP contribution in [0.4, 0.5) is 10.2 Å². The van der Waals surface area contributed by atoms with Crippen molar-refractivity contribution in [1.82, 2.24) is 28.9 Å². The first-order valence-corrected chi connectivity index (χ1v) is 13.4. The van der Waals surface area contributed by atoms with Crippen LogP contribution in [0.3, 0.4) is 0 Å². The molecule has 0 saturated carbocycles. The second kappa shape index (κ2) is 8.71. The van der Waals surface area contributed by atoms with Crippen molar-refractivity contribution in [3.63, 3.8) is 0 Å². The minimum Gasteiger partial charge on any atom is -0.340 e. The van der Waals surface area contributed by atoms with E-state index in [4.69, 9.17) is 0 Å². The Morgan fingerprint density at radius 1 is 1.24 bits per heavy atom. The molecular formula is C19H20FIN7P. The summed E-state index contributed by atoms with van der Waals surface area (Å²) < 4.78 is 18.0. The molecule has 4 aromatic rings. The summed E-state index contributed by atoms with van der Waals surface area (Å²) in [5, 5.41) is 4.64. The number of imidazole rings is 1. The zero-order chi connectivity index (χ0) is 20.4. The predicted octanol–water partition coefficient (Wildman–Crippen LogP) is 4.43. The molecule has 0 amide bonds. The van der Waals surface area contributed by atoms with E-state index < -0.39 is 0 Å². The summed E-state index contributed by atoms with van der Waals surface area (Å²) in [6.45, 7) is 4.76. The van der Waals surface area contributed by atoms with Gasteiger partial charge in [-0.25, -0.2) is 18.9 Å². The van der Waals surface area contributed by atoms with Crippen LogP contribution in [0.1, 0.15) is 37.0 Å². The molecule has 4 aromatic heterocycles. The van der Waals surface area contributed by atoms with Gasteiger partial charge in [-0.05, 0) is 40.2 Å². The van der Waals surface area contributed by atoms with Crippen molar-refractivity contribution in [2.75, 3.05) is 11.4 Å². The maximum absolute atomic E-state index is 14.2. The van der Waals surface area contributed by atoms with Gasteiger partial charge >= 0.3 is 0 Å². The Labute approximate surface area is 182 Å². The summed E-state index contributed by atoms with van der Waals surface area (Å²) in [6.07, 6.45) is 10.1. The van der Waals surface area contributed by atoms with Crippen molar-refractivity contribution in [3.05, 3.63) is 72.2 Å². The SMILES string of the molecule is CC.Fc1cccn2nc(C3c4ncn(PI)c4CCN3c3cnccn3)cc12. The van der Waals surface area contributed by atoms with Gasteiger partial charge in [0.15, 0.2) is 0 Å². The Morgan fingerprint density at radius 2 is 2.10 bits per heavy atom. The third-order valence-electron chi connectivity index (χ3n) is 4.74. The van der Waals surface area contributed by atoms with Gasteiger partial charge in [-0.3, -0.25) is 4.98 Å². The first-order valence-electron chi connectivity index (χ1n) is 9.35. The summed E-state index contributed by atoms with van der Waals surface area (Å²) in [7, 11) is 0. The number of rotatable bonds is 3. The molecule has 150 valence electrons. The van der Waals surface area contributed by atoms with E-state index in [0.717, 1.165) is 30.2 Å². The Morgan fingerprint density at radius 3 is 2.83 bits per heavy atom. The largest absolute Gasteiger partial charge is 0.340 e. The molecule has 2 unspecified atom stereocenters. The maximum atomic E-state index is 14.2. The number of halogens is 2. The maximum Gasteiger partial charge on any atom is 0.148 e. The van der Waals surface area contributed by atoms with Gasteiger partial charge in [0.25, 0.3) is 0 Å². The fraction of sp³-hybridized carbons (Fsp3) is 0.263. The lowest BCUT2D eigenvalue weighted by atomic mass is 10.00. The molecule has 0 bridgehead atoms. The molecule has 29 heavy (non-hydrogen) atoms. The van der Waals surface area contributed by atoms with E-state index in [9.17, 15) is 4.39 Å².